The van der Waals surface area contributed by atoms with Crippen molar-refractivity contribution in [3.8, 4) is 0 Å². The number of methoxy groups -OCH3 is 1. The minimum atomic E-state index is -0.176. The molecule has 0 aromatic heterocycles. The molecule has 1 heterocycles. The summed E-state index contributed by atoms with van der Waals surface area (Å²) in [7, 11) is 1.73. The Morgan fingerprint density at radius 3 is 2.68 bits per heavy atom. The fraction of sp³-hybridized carbons (Fsp3) is 0.933. The van der Waals surface area contributed by atoms with Crippen LogP contribution < -0.4 is 5.73 Å². The summed E-state index contributed by atoms with van der Waals surface area (Å²) in [4.78, 5) is 14.3. The Labute approximate surface area is 117 Å². The molecule has 1 unspecified atom stereocenters. The van der Waals surface area contributed by atoms with E-state index in [1.807, 2.05) is 4.90 Å². The number of likely N-dealkylation sites (tertiary alicyclic amines) is 1. The number of amides is 1. The molecule has 0 aliphatic carbocycles. The summed E-state index contributed by atoms with van der Waals surface area (Å²) in [6, 6.07) is 0. The lowest BCUT2D eigenvalue weighted by atomic mass is 9.91. The molecule has 0 bridgehead atoms. The van der Waals surface area contributed by atoms with Crippen molar-refractivity contribution >= 4 is 5.91 Å². The second-order valence-electron chi connectivity index (χ2n) is 6.51. The molecule has 1 amide bonds. The summed E-state index contributed by atoms with van der Waals surface area (Å²) >= 11 is 0. The summed E-state index contributed by atoms with van der Waals surface area (Å²) in [5.74, 6) is 1.13. The number of nitrogens with zero attached hydrogens (tertiary/aromatic N) is 1. The normalized spacial score (nSPS) is 25.7. The van der Waals surface area contributed by atoms with Gasteiger partial charge in [0.15, 0.2) is 0 Å². The maximum Gasteiger partial charge on any atom is 0.222 e. The van der Waals surface area contributed by atoms with Crippen molar-refractivity contribution in [1.82, 2.24) is 4.90 Å². The molecule has 2 atom stereocenters. The average Bonchev–Trinajstić information content (AvgIpc) is 2.37. The predicted molar refractivity (Wildman–Crippen MR) is 77.8 cm³/mol. The van der Waals surface area contributed by atoms with E-state index in [1.54, 1.807) is 7.11 Å². The molecule has 4 nitrogen and oxygen atoms in total. The second kappa shape index (κ2) is 7.25. The Bertz CT molecular complexity index is 294. The highest BCUT2D eigenvalue weighted by atomic mass is 16.5. The van der Waals surface area contributed by atoms with Crippen LogP contribution in [0.1, 0.15) is 46.5 Å². The van der Waals surface area contributed by atoms with E-state index in [9.17, 15) is 4.79 Å². The van der Waals surface area contributed by atoms with Crippen LogP contribution in [0.5, 0.6) is 0 Å². The third kappa shape index (κ3) is 5.11. The van der Waals surface area contributed by atoms with E-state index in [0.29, 0.717) is 31.3 Å². The van der Waals surface area contributed by atoms with E-state index >= 15 is 0 Å². The fourth-order valence-electron chi connectivity index (χ4n) is 2.89. The van der Waals surface area contributed by atoms with Gasteiger partial charge in [-0.25, -0.2) is 0 Å². The van der Waals surface area contributed by atoms with E-state index in [4.69, 9.17) is 10.5 Å². The Morgan fingerprint density at radius 1 is 1.47 bits per heavy atom. The van der Waals surface area contributed by atoms with Crippen LogP contribution >= 0.6 is 0 Å². The van der Waals surface area contributed by atoms with E-state index in [1.165, 1.54) is 0 Å². The Kier molecular flexibility index (Phi) is 6.27. The fourth-order valence-corrected chi connectivity index (χ4v) is 2.89. The molecule has 112 valence electrons. The van der Waals surface area contributed by atoms with Crippen LogP contribution in [0, 0.1) is 11.8 Å². The Balaban J connectivity index is 2.52. The van der Waals surface area contributed by atoms with Gasteiger partial charge in [-0.2, -0.15) is 0 Å². The molecule has 1 rings (SSSR count). The van der Waals surface area contributed by atoms with Crippen LogP contribution in [0.25, 0.3) is 0 Å². The van der Waals surface area contributed by atoms with Gasteiger partial charge in [-0.05, 0) is 44.6 Å². The molecular weight excluding hydrogens is 240 g/mol. The molecule has 19 heavy (non-hydrogen) atoms. The highest BCUT2D eigenvalue weighted by Crippen LogP contribution is 2.25. The number of hydrogen-bond acceptors (Lipinski definition) is 3. The minimum absolute atomic E-state index is 0.176. The molecule has 0 saturated carbocycles. The van der Waals surface area contributed by atoms with Crippen molar-refractivity contribution in [3.63, 3.8) is 0 Å². The first-order valence-corrected chi connectivity index (χ1v) is 7.43. The van der Waals surface area contributed by atoms with Crippen molar-refractivity contribution in [1.29, 1.82) is 0 Å². The van der Waals surface area contributed by atoms with E-state index in [2.05, 4.69) is 20.8 Å². The standard InChI is InChI=1S/C15H30N2O2/c1-12(2)8-13(10-16)9-14(18)17-7-5-6-15(3,11-17)19-4/h12-13H,5-11,16H2,1-4H3/t13-,15?/m0/s1. The summed E-state index contributed by atoms with van der Waals surface area (Å²) in [6.45, 7) is 8.60. The number of ether oxygens (including phenoxy) is 1. The highest BCUT2D eigenvalue weighted by molar-refractivity contribution is 5.76. The minimum Gasteiger partial charge on any atom is -0.377 e. The summed E-state index contributed by atoms with van der Waals surface area (Å²) in [5, 5.41) is 0. The third-order valence-electron chi connectivity index (χ3n) is 4.11. The summed E-state index contributed by atoms with van der Waals surface area (Å²) < 4.78 is 5.54. The van der Waals surface area contributed by atoms with Crippen LogP contribution in [0.15, 0.2) is 0 Å². The lowest BCUT2D eigenvalue weighted by molar-refractivity contribution is -0.140. The number of carbonyl (C=O) groups excluding carboxylic acids is 1. The molecule has 0 radical (unpaired) electrons. The number of piperidine rings is 1. The van der Waals surface area contributed by atoms with Crippen LogP contribution in [-0.2, 0) is 9.53 Å². The monoisotopic (exact) mass is 270 g/mol. The zero-order valence-corrected chi connectivity index (χ0v) is 12.9. The SMILES string of the molecule is COC1(C)CCCN(C(=O)C[C@@H](CN)CC(C)C)C1. The maximum absolute atomic E-state index is 12.4. The second-order valence-corrected chi connectivity index (χ2v) is 6.51. The average molecular weight is 270 g/mol. The van der Waals surface area contributed by atoms with Gasteiger partial charge in [0.1, 0.15) is 0 Å². The first-order chi connectivity index (χ1) is 8.90. The van der Waals surface area contributed by atoms with Crippen molar-refractivity contribution in [2.45, 2.75) is 52.1 Å². The summed E-state index contributed by atoms with van der Waals surface area (Å²) in [6.07, 6.45) is 3.65. The molecule has 1 fully saturated rings. The van der Waals surface area contributed by atoms with Gasteiger partial charge in [0.05, 0.1) is 5.60 Å². The lowest BCUT2D eigenvalue weighted by Gasteiger charge is -2.40. The van der Waals surface area contributed by atoms with Crippen molar-refractivity contribution < 1.29 is 9.53 Å². The molecule has 1 saturated heterocycles. The van der Waals surface area contributed by atoms with Gasteiger partial charge in [-0.15, -0.1) is 0 Å². The zero-order valence-electron chi connectivity index (χ0n) is 12.9. The molecule has 4 heteroatoms. The van der Waals surface area contributed by atoms with Crippen molar-refractivity contribution in [2.24, 2.45) is 17.6 Å². The van der Waals surface area contributed by atoms with Gasteiger partial charge in [-0.1, -0.05) is 13.8 Å². The predicted octanol–water partition coefficient (Wildman–Crippen LogP) is 2.02. The molecule has 1 aliphatic rings. The smallest absolute Gasteiger partial charge is 0.222 e. The van der Waals surface area contributed by atoms with Crippen LogP contribution in [-0.4, -0.2) is 43.2 Å². The lowest BCUT2D eigenvalue weighted by Crippen LogP contribution is -2.50. The van der Waals surface area contributed by atoms with Gasteiger partial charge in [0, 0.05) is 26.6 Å². The number of carbonyl (C=O) groups is 1. The van der Waals surface area contributed by atoms with Crippen LogP contribution in [0.4, 0.5) is 0 Å². The molecule has 0 spiro atoms. The van der Waals surface area contributed by atoms with Gasteiger partial charge in [0.2, 0.25) is 5.91 Å². The first kappa shape index (κ1) is 16.4. The van der Waals surface area contributed by atoms with Gasteiger partial charge >= 0.3 is 0 Å². The molecule has 0 aromatic rings. The quantitative estimate of drug-likeness (QED) is 0.803. The molecule has 1 aliphatic heterocycles. The summed E-state index contributed by atoms with van der Waals surface area (Å²) in [5.41, 5.74) is 5.61. The van der Waals surface area contributed by atoms with Crippen LogP contribution in [0.2, 0.25) is 0 Å². The highest BCUT2D eigenvalue weighted by Gasteiger charge is 2.33. The van der Waals surface area contributed by atoms with E-state index < -0.39 is 0 Å². The first-order valence-electron chi connectivity index (χ1n) is 7.43. The third-order valence-corrected chi connectivity index (χ3v) is 4.11. The number of nitrogens with two attached hydrogens (primary N) is 1. The van der Waals surface area contributed by atoms with Gasteiger partial charge in [-0.3, -0.25) is 4.79 Å². The number of hydrogen-bond donors (Lipinski definition) is 1. The number of rotatable bonds is 6. The Hall–Kier alpha value is -0.610. The topological polar surface area (TPSA) is 55.6 Å². The molecule has 0 aromatic carbocycles. The van der Waals surface area contributed by atoms with Gasteiger partial charge in [0.25, 0.3) is 0 Å². The maximum atomic E-state index is 12.4. The van der Waals surface area contributed by atoms with E-state index in [0.717, 1.165) is 25.8 Å². The van der Waals surface area contributed by atoms with Crippen molar-refractivity contribution in [2.75, 3.05) is 26.7 Å². The van der Waals surface area contributed by atoms with Crippen LogP contribution in [0.3, 0.4) is 0 Å². The zero-order chi connectivity index (χ0) is 14.5. The largest absolute Gasteiger partial charge is 0.377 e. The molecule has 2 N–H and O–H groups in total. The van der Waals surface area contributed by atoms with Gasteiger partial charge < -0.3 is 15.4 Å². The van der Waals surface area contributed by atoms with Crippen molar-refractivity contribution in [3.05, 3.63) is 0 Å². The molecular formula is C15H30N2O2. The van der Waals surface area contributed by atoms with E-state index in [-0.39, 0.29) is 11.5 Å². The Morgan fingerprint density at radius 2 is 2.16 bits per heavy atom.